The Hall–Kier alpha value is -2.29. The van der Waals surface area contributed by atoms with E-state index in [0.717, 1.165) is 6.07 Å². The van der Waals surface area contributed by atoms with Crippen LogP contribution in [0.5, 0.6) is 0 Å². The molecule has 1 aromatic carbocycles. The van der Waals surface area contributed by atoms with Gasteiger partial charge in [-0.1, -0.05) is 25.1 Å². The molecular formula is C17H22F3N3O3. The molecule has 1 saturated carbocycles. The number of urea groups is 1. The highest BCUT2D eigenvalue weighted by Crippen LogP contribution is 2.31. The van der Waals surface area contributed by atoms with Crippen molar-refractivity contribution in [3.05, 3.63) is 35.4 Å². The first kappa shape index (κ1) is 20.0. The molecule has 0 aromatic heterocycles. The summed E-state index contributed by atoms with van der Waals surface area (Å²) in [6.45, 7) is 2.20. The van der Waals surface area contributed by atoms with Crippen LogP contribution in [0.1, 0.15) is 30.9 Å². The van der Waals surface area contributed by atoms with Crippen molar-refractivity contribution >= 4 is 12.0 Å². The zero-order valence-electron chi connectivity index (χ0n) is 14.3. The molecular weight excluding hydrogens is 351 g/mol. The third-order valence-electron chi connectivity index (χ3n) is 4.47. The zero-order chi connectivity index (χ0) is 19.3. The molecule has 2 amide bonds. The van der Waals surface area contributed by atoms with Gasteiger partial charge < -0.3 is 15.7 Å². The Bertz CT molecular complexity index is 646. The van der Waals surface area contributed by atoms with E-state index in [4.69, 9.17) is 5.11 Å². The summed E-state index contributed by atoms with van der Waals surface area (Å²) in [7, 11) is 0. The number of halogens is 3. The number of nitrogens with zero attached hydrogens (tertiary/aromatic N) is 1. The summed E-state index contributed by atoms with van der Waals surface area (Å²) in [6, 6.07) is 4.54. The van der Waals surface area contributed by atoms with Crippen LogP contribution in [0.25, 0.3) is 0 Å². The Morgan fingerprint density at radius 2 is 1.92 bits per heavy atom. The van der Waals surface area contributed by atoms with Crippen molar-refractivity contribution in [1.29, 1.82) is 0 Å². The summed E-state index contributed by atoms with van der Waals surface area (Å²) < 4.78 is 38.7. The number of likely N-dealkylation sites (N-methyl/N-ethyl adjacent to an activating group) is 1. The van der Waals surface area contributed by atoms with Crippen LogP contribution in [0.4, 0.5) is 18.0 Å². The summed E-state index contributed by atoms with van der Waals surface area (Å²) in [6.07, 6.45) is -3.23. The van der Waals surface area contributed by atoms with E-state index >= 15 is 0 Å². The van der Waals surface area contributed by atoms with Gasteiger partial charge in [0.2, 0.25) is 0 Å². The molecule has 0 aliphatic heterocycles. The zero-order valence-corrected chi connectivity index (χ0v) is 14.3. The monoisotopic (exact) mass is 373 g/mol. The van der Waals surface area contributed by atoms with Gasteiger partial charge in [-0.3, -0.25) is 9.69 Å². The molecule has 2 rings (SSSR count). The van der Waals surface area contributed by atoms with Crippen LogP contribution in [0.15, 0.2) is 24.3 Å². The van der Waals surface area contributed by atoms with E-state index in [1.54, 1.807) is 0 Å². The Morgan fingerprint density at radius 1 is 1.27 bits per heavy atom. The summed E-state index contributed by atoms with van der Waals surface area (Å²) in [4.78, 5) is 24.5. The number of hydrogen-bond donors (Lipinski definition) is 3. The maximum absolute atomic E-state index is 12.9. The first-order valence-electron chi connectivity index (χ1n) is 8.36. The second kappa shape index (κ2) is 8.39. The molecule has 3 N–H and O–H groups in total. The highest BCUT2D eigenvalue weighted by atomic mass is 19.4. The molecule has 0 saturated heterocycles. The van der Waals surface area contributed by atoms with Crippen molar-refractivity contribution in [3.63, 3.8) is 0 Å². The van der Waals surface area contributed by atoms with Gasteiger partial charge in [-0.2, -0.15) is 13.2 Å². The van der Waals surface area contributed by atoms with Crippen molar-refractivity contribution in [1.82, 2.24) is 15.5 Å². The number of carbonyl (C=O) groups excluding carboxylic acids is 1. The van der Waals surface area contributed by atoms with Gasteiger partial charge in [0.15, 0.2) is 0 Å². The van der Waals surface area contributed by atoms with Crippen molar-refractivity contribution in [3.8, 4) is 0 Å². The average molecular weight is 373 g/mol. The molecule has 144 valence electrons. The number of hydrogen-bond acceptors (Lipinski definition) is 3. The molecule has 0 bridgehead atoms. The smallest absolute Gasteiger partial charge is 0.416 e. The molecule has 1 fully saturated rings. The summed E-state index contributed by atoms with van der Waals surface area (Å²) >= 11 is 0. The number of nitrogens with one attached hydrogen (secondary N) is 2. The first-order chi connectivity index (χ1) is 12.2. The minimum absolute atomic E-state index is 0.000234. The quantitative estimate of drug-likeness (QED) is 0.686. The van der Waals surface area contributed by atoms with E-state index in [1.165, 1.54) is 18.2 Å². The van der Waals surface area contributed by atoms with E-state index in [0.29, 0.717) is 19.4 Å². The van der Waals surface area contributed by atoms with Crippen molar-refractivity contribution in [2.45, 2.75) is 44.6 Å². The highest BCUT2D eigenvalue weighted by Gasteiger charge is 2.35. The Morgan fingerprint density at radius 3 is 2.50 bits per heavy atom. The molecule has 0 radical (unpaired) electrons. The molecule has 0 heterocycles. The lowest BCUT2D eigenvalue weighted by Gasteiger charge is -2.42. The predicted octanol–water partition coefficient (Wildman–Crippen LogP) is 2.44. The van der Waals surface area contributed by atoms with Crippen LogP contribution < -0.4 is 10.6 Å². The van der Waals surface area contributed by atoms with Gasteiger partial charge in [0.25, 0.3) is 0 Å². The maximum atomic E-state index is 12.9. The van der Waals surface area contributed by atoms with Crippen LogP contribution in [0.2, 0.25) is 0 Å². The standard InChI is InChI=1S/C17H22F3N3O3/c1-2-23(10-15(24)25)13-7-12(8-13)22-16(26)21-9-11-5-3-4-6-14(11)17(18,19)20/h3-6,12-13H,2,7-10H2,1H3,(H,24,25)(H2,21,22,26). The van der Waals surface area contributed by atoms with Gasteiger partial charge in [-0.25, -0.2) is 4.79 Å². The van der Waals surface area contributed by atoms with Gasteiger partial charge in [0.1, 0.15) is 0 Å². The number of carboxylic acids is 1. The molecule has 1 aromatic rings. The van der Waals surface area contributed by atoms with Crippen LogP contribution in [0.3, 0.4) is 0 Å². The number of carbonyl (C=O) groups is 2. The third kappa shape index (κ3) is 5.35. The number of rotatable bonds is 7. The Balaban J connectivity index is 1.79. The second-order valence-electron chi connectivity index (χ2n) is 6.26. The minimum Gasteiger partial charge on any atom is -0.480 e. The maximum Gasteiger partial charge on any atom is 0.416 e. The molecule has 9 heteroatoms. The molecule has 1 aliphatic carbocycles. The Labute approximate surface area is 149 Å². The van der Waals surface area contributed by atoms with Crippen LogP contribution in [-0.2, 0) is 17.5 Å². The van der Waals surface area contributed by atoms with Crippen molar-refractivity contribution < 1.29 is 27.9 Å². The topological polar surface area (TPSA) is 81.7 Å². The lowest BCUT2D eigenvalue weighted by molar-refractivity contribution is -0.139. The molecule has 6 nitrogen and oxygen atoms in total. The molecule has 1 aliphatic rings. The lowest BCUT2D eigenvalue weighted by atomic mass is 9.85. The second-order valence-corrected chi connectivity index (χ2v) is 6.26. The predicted molar refractivity (Wildman–Crippen MR) is 88.5 cm³/mol. The SMILES string of the molecule is CCN(CC(=O)O)C1CC(NC(=O)NCc2ccccc2C(F)(F)F)C1. The van der Waals surface area contributed by atoms with Crippen molar-refractivity contribution in [2.75, 3.05) is 13.1 Å². The summed E-state index contributed by atoms with van der Waals surface area (Å²) in [5.41, 5.74) is -0.767. The van der Waals surface area contributed by atoms with Gasteiger partial charge in [-0.05, 0) is 31.0 Å². The Kier molecular flexibility index (Phi) is 6.47. The normalized spacial score (nSPS) is 19.7. The fourth-order valence-electron chi connectivity index (χ4n) is 3.04. The largest absolute Gasteiger partial charge is 0.480 e. The van der Waals surface area contributed by atoms with Crippen molar-refractivity contribution in [2.24, 2.45) is 0 Å². The molecule has 0 spiro atoms. The number of benzene rings is 1. The fraction of sp³-hybridized carbons (Fsp3) is 0.529. The van der Waals surface area contributed by atoms with E-state index in [9.17, 15) is 22.8 Å². The van der Waals surface area contributed by atoms with Gasteiger partial charge in [0, 0.05) is 18.6 Å². The van der Waals surface area contributed by atoms with Crippen LogP contribution >= 0.6 is 0 Å². The van der Waals surface area contributed by atoms with Gasteiger partial charge >= 0.3 is 18.2 Å². The number of amides is 2. The number of alkyl halides is 3. The van der Waals surface area contributed by atoms with E-state index in [2.05, 4.69) is 10.6 Å². The number of aliphatic carboxylic acids is 1. The van der Waals surface area contributed by atoms with Gasteiger partial charge in [-0.15, -0.1) is 0 Å². The highest BCUT2D eigenvalue weighted by molar-refractivity contribution is 5.74. The minimum atomic E-state index is -4.47. The molecule has 0 atom stereocenters. The fourth-order valence-corrected chi connectivity index (χ4v) is 3.04. The summed E-state index contributed by atoms with van der Waals surface area (Å²) in [5, 5.41) is 14.0. The number of carboxylic acid groups (broad SMARTS) is 1. The van der Waals surface area contributed by atoms with Gasteiger partial charge in [0.05, 0.1) is 12.1 Å². The average Bonchev–Trinajstić information content (AvgIpc) is 2.53. The first-order valence-corrected chi connectivity index (χ1v) is 8.36. The molecule has 0 unspecified atom stereocenters. The van der Waals surface area contributed by atoms with E-state index in [1.807, 2.05) is 11.8 Å². The van der Waals surface area contributed by atoms with E-state index in [-0.39, 0.29) is 30.7 Å². The van der Waals surface area contributed by atoms with E-state index < -0.39 is 23.7 Å². The van der Waals surface area contributed by atoms with Crippen LogP contribution in [0, 0.1) is 0 Å². The molecule has 26 heavy (non-hydrogen) atoms. The van der Waals surface area contributed by atoms with Crippen LogP contribution in [-0.4, -0.2) is 47.2 Å². The lowest BCUT2D eigenvalue weighted by Crippen LogP contribution is -2.56. The third-order valence-corrected chi connectivity index (χ3v) is 4.47. The summed E-state index contributed by atoms with van der Waals surface area (Å²) in [5.74, 6) is -0.899.